The Hall–Kier alpha value is -2.60. The highest BCUT2D eigenvalue weighted by molar-refractivity contribution is 5.72. The van der Waals surface area contributed by atoms with Gasteiger partial charge in [0.1, 0.15) is 5.82 Å². The predicted molar refractivity (Wildman–Crippen MR) is 101 cm³/mol. The van der Waals surface area contributed by atoms with E-state index in [9.17, 15) is 9.18 Å². The van der Waals surface area contributed by atoms with Crippen LogP contribution in [0.5, 0.6) is 11.5 Å². The first-order valence-electron chi connectivity index (χ1n) is 9.00. The molecule has 0 radical (unpaired) electrons. The molecule has 0 spiro atoms. The first-order chi connectivity index (χ1) is 13.0. The minimum atomic E-state index is -0.214. The van der Waals surface area contributed by atoms with Crippen molar-refractivity contribution in [3.63, 3.8) is 0 Å². The summed E-state index contributed by atoms with van der Waals surface area (Å²) in [5.41, 5.74) is 2.88. The van der Waals surface area contributed by atoms with Gasteiger partial charge in [-0.3, -0.25) is 9.69 Å². The smallest absolute Gasteiger partial charge is 0.216 e. The zero-order chi connectivity index (χ0) is 19.4. The fourth-order valence-corrected chi connectivity index (χ4v) is 3.59. The standard InChI is InChI=1S/C21H25FN2O3/c1-14(25)23-12-19-17-11-21(27-3)20(26-2)10-15(17)8-9-24(19)13-16-6-4-5-7-18(16)22/h4-7,10-11,19H,8-9,12-13H2,1-3H3,(H,23,25)/t19-/m0/s1. The summed E-state index contributed by atoms with van der Waals surface area (Å²) in [5.74, 6) is 1.04. The van der Waals surface area contributed by atoms with Crippen LogP contribution in [0.15, 0.2) is 36.4 Å². The number of benzene rings is 2. The Balaban J connectivity index is 1.96. The third-order valence-corrected chi connectivity index (χ3v) is 4.99. The van der Waals surface area contributed by atoms with E-state index in [1.165, 1.54) is 13.0 Å². The van der Waals surface area contributed by atoms with Crippen LogP contribution in [0.2, 0.25) is 0 Å². The number of amides is 1. The first-order valence-corrected chi connectivity index (χ1v) is 9.00. The first kappa shape index (κ1) is 19.2. The Morgan fingerprint density at radius 1 is 1.22 bits per heavy atom. The van der Waals surface area contributed by atoms with Gasteiger partial charge in [-0.2, -0.15) is 0 Å². The van der Waals surface area contributed by atoms with Crippen molar-refractivity contribution in [2.45, 2.75) is 25.9 Å². The van der Waals surface area contributed by atoms with Gasteiger partial charge in [0.15, 0.2) is 11.5 Å². The van der Waals surface area contributed by atoms with E-state index in [-0.39, 0.29) is 17.8 Å². The maximum absolute atomic E-state index is 14.2. The minimum absolute atomic E-state index is 0.0722. The lowest BCUT2D eigenvalue weighted by atomic mass is 9.91. The van der Waals surface area contributed by atoms with Crippen molar-refractivity contribution in [3.05, 3.63) is 58.9 Å². The summed E-state index contributed by atoms with van der Waals surface area (Å²) in [4.78, 5) is 13.7. The topological polar surface area (TPSA) is 50.8 Å². The summed E-state index contributed by atoms with van der Waals surface area (Å²) in [6.07, 6.45) is 0.820. The van der Waals surface area contributed by atoms with Crippen LogP contribution < -0.4 is 14.8 Å². The molecule has 27 heavy (non-hydrogen) atoms. The Morgan fingerprint density at radius 3 is 2.59 bits per heavy atom. The maximum Gasteiger partial charge on any atom is 0.216 e. The number of nitrogens with zero attached hydrogens (tertiary/aromatic N) is 1. The number of carbonyl (C=O) groups is 1. The summed E-state index contributed by atoms with van der Waals surface area (Å²) < 4.78 is 25.0. The quantitative estimate of drug-likeness (QED) is 0.847. The number of hydrogen-bond donors (Lipinski definition) is 1. The number of nitrogens with one attached hydrogen (secondary N) is 1. The van der Waals surface area contributed by atoms with E-state index in [1.807, 2.05) is 18.2 Å². The third kappa shape index (κ3) is 4.22. The molecular formula is C21H25FN2O3. The molecule has 0 aromatic heterocycles. The van der Waals surface area contributed by atoms with Crippen molar-refractivity contribution in [1.29, 1.82) is 0 Å². The number of carbonyl (C=O) groups excluding carboxylic acids is 1. The second-order valence-electron chi connectivity index (χ2n) is 6.67. The van der Waals surface area contributed by atoms with E-state index in [2.05, 4.69) is 10.2 Å². The Kier molecular flexibility index (Phi) is 5.96. The summed E-state index contributed by atoms with van der Waals surface area (Å²) in [5, 5.41) is 2.91. The highest BCUT2D eigenvalue weighted by Gasteiger charge is 2.29. The van der Waals surface area contributed by atoms with E-state index >= 15 is 0 Å². The second-order valence-corrected chi connectivity index (χ2v) is 6.67. The van der Waals surface area contributed by atoms with E-state index < -0.39 is 0 Å². The minimum Gasteiger partial charge on any atom is -0.493 e. The molecule has 2 aromatic carbocycles. The molecule has 0 bridgehead atoms. The molecule has 1 atom stereocenters. The zero-order valence-corrected chi connectivity index (χ0v) is 15.9. The normalized spacial score (nSPS) is 16.5. The Labute approximate surface area is 159 Å². The lowest BCUT2D eigenvalue weighted by Gasteiger charge is -2.38. The number of ether oxygens (including phenoxy) is 2. The average Bonchev–Trinajstić information content (AvgIpc) is 2.67. The molecule has 144 valence electrons. The van der Waals surface area contributed by atoms with Gasteiger partial charge in [-0.25, -0.2) is 4.39 Å². The van der Waals surface area contributed by atoms with Gasteiger partial charge in [-0.05, 0) is 35.7 Å². The van der Waals surface area contributed by atoms with Crippen LogP contribution in [0.4, 0.5) is 4.39 Å². The molecule has 0 unspecified atom stereocenters. The molecule has 0 saturated carbocycles. The summed E-state index contributed by atoms with van der Waals surface area (Å²) in [6.45, 7) is 3.19. The molecule has 5 nitrogen and oxygen atoms in total. The fourth-order valence-electron chi connectivity index (χ4n) is 3.59. The molecule has 0 saturated heterocycles. The average molecular weight is 372 g/mol. The molecule has 1 heterocycles. The van der Waals surface area contributed by atoms with E-state index in [0.717, 1.165) is 24.1 Å². The van der Waals surface area contributed by atoms with Crippen LogP contribution >= 0.6 is 0 Å². The van der Waals surface area contributed by atoms with Gasteiger partial charge in [0, 0.05) is 32.1 Å². The molecule has 3 rings (SSSR count). The van der Waals surface area contributed by atoms with E-state index in [1.54, 1.807) is 26.4 Å². The molecule has 2 aromatic rings. The lowest BCUT2D eigenvalue weighted by molar-refractivity contribution is -0.119. The van der Waals surface area contributed by atoms with Crippen LogP contribution in [-0.2, 0) is 17.8 Å². The molecule has 1 aliphatic heterocycles. The SMILES string of the molecule is COc1cc2c(cc1OC)[C@H](CNC(C)=O)N(Cc1ccccc1F)CC2. The van der Waals surface area contributed by atoms with Crippen LogP contribution in [0, 0.1) is 5.82 Å². The van der Waals surface area contributed by atoms with E-state index in [4.69, 9.17) is 9.47 Å². The number of rotatable bonds is 6. The van der Waals surface area contributed by atoms with Crippen LogP contribution in [-0.4, -0.2) is 38.1 Å². The fraction of sp³-hybridized carbons (Fsp3) is 0.381. The third-order valence-electron chi connectivity index (χ3n) is 4.99. The highest BCUT2D eigenvalue weighted by atomic mass is 19.1. The summed E-state index contributed by atoms with van der Waals surface area (Å²) >= 11 is 0. The monoisotopic (exact) mass is 372 g/mol. The molecule has 0 fully saturated rings. The number of fused-ring (bicyclic) bond motifs is 1. The van der Waals surface area contributed by atoms with Crippen molar-refractivity contribution in [2.24, 2.45) is 0 Å². The van der Waals surface area contributed by atoms with Crippen molar-refractivity contribution < 1.29 is 18.7 Å². The van der Waals surface area contributed by atoms with Crippen LogP contribution in [0.25, 0.3) is 0 Å². The van der Waals surface area contributed by atoms with Gasteiger partial charge in [0.25, 0.3) is 0 Å². The zero-order valence-electron chi connectivity index (χ0n) is 15.9. The van der Waals surface area contributed by atoms with Gasteiger partial charge in [0.05, 0.1) is 20.3 Å². The molecule has 1 aliphatic rings. The van der Waals surface area contributed by atoms with Crippen LogP contribution in [0.3, 0.4) is 0 Å². The summed E-state index contributed by atoms with van der Waals surface area (Å²) in [6, 6.07) is 10.7. The van der Waals surface area contributed by atoms with Gasteiger partial charge in [-0.15, -0.1) is 0 Å². The van der Waals surface area contributed by atoms with Crippen LogP contribution in [0.1, 0.15) is 29.7 Å². The maximum atomic E-state index is 14.2. The molecular weight excluding hydrogens is 347 g/mol. The molecule has 1 N–H and O–H groups in total. The Bertz CT molecular complexity index is 825. The van der Waals surface area contributed by atoms with Crippen molar-refractivity contribution in [2.75, 3.05) is 27.3 Å². The molecule has 6 heteroatoms. The Morgan fingerprint density at radius 2 is 1.93 bits per heavy atom. The number of hydrogen-bond acceptors (Lipinski definition) is 4. The van der Waals surface area contributed by atoms with Gasteiger partial charge in [0.2, 0.25) is 5.91 Å². The predicted octanol–water partition coefficient (Wildman–Crippen LogP) is 3.08. The number of methoxy groups -OCH3 is 2. The van der Waals surface area contributed by atoms with Gasteiger partial charge < -0.3 is 14.8 Å². The second kappa shape index (κ2) is 8.39. The summed E-state index contributed by atoms with van der Waals surface area (Å²) in [7, 11) is 3.22. The van der Waals surface area contributed by atoms with Gasteiger partial charge >= 0.3 is 0 Å². The van der Waals surface area contributed by atoms with Crippen molar-refractivity contribution >= 4 is 5.91 Å². The van der Waals surface area contributed by atoms with Gasteiger partial charge in [-0.1, -0.05) is 18.2 Å². The van der Waals surface area contributed by atoms with Crippen molar-refractivity contribution in [3.8, 4) is 11.5 Å². The lowest BCUT2D eigenvalue weighted by Crippen LogP contribution is -2.41. The highest BCUT2D eigenvalue weighted by Crippen LogP contribution is 2.38. The van der Waals surface area contributed by atoms with E-state index in [0.29, 0.717) is 30.2 Å². The van der Waals surface area contributed by atoms with Crippen molar-refractivity contribution in [1.82, 2.24) is 10.2 Å². The molecule has 0 aliphatic carbocycles. The number of halogens is 1. The molecule has 1 amide bonds. The largest absolute Gasteiger partial charge is 0.493 e.